The largest absolute Gasteiger partial charge is 0.365 e. The third-order valence-electron chi connectivity index (χ3n) is 4.83. The average molecular weight is 373 g/mol. The van der Waals surface area contributed by atoms with Gasteiger partial charge in [-0.1, -0.05) is 36.4 Å². The second-order valence-electron chi connectivity index (χ2n) is 6.76. The minimum absolute atomic E-state index is 0.422. The number of aromatic nitrogens is 2. The van der Waals surface area contributed by atoms with Gasteiger partial charge in [0.1, 0.15) is 5.82 Å². The monoisotopic (exact) mass is 373 g/mol. The summed E-state index contributed by atoms with van der Waals surface area (Å²) in [6.45, 7) is 3.44. The van der Waals surface area contributed by atoms with Crippen LogP contribution in [0.15, 0.2) is 54.7 Å². The number of hydrogen-bond acceptors (Lipinski definition) is 4. The summed E-state index contributed by atoms with van der Waals surface area (Å²) in [6.07, 6.45) is 5.78. The molecule has 0 saturated carbocycles. The predicted molar refractivity (Wildman–Crippen MR) is 113 cm³/mol. The summed E-state index contributed by atoms with van der Waals surface area (Å²) >= 11 is 0. The topological polar surface area (TPSA) is 87.0 Å². The Kier molecular flexibility index (Phi) is 5.21. The van der Waals surface area contributed by atoms with E-state index in [4.69, 9.17) is 5.73 Å². The Balaban J connectivity index is 1.64. The molecule has 0 bridgehead atoms. The summed E-state index contributed by atoms with van der Waals surface area (Å²) in [5, 5.41) is 3.32. The van der Waals surface area contributed by atoms with Crippen LogP contribution in [0.25, 0.3) is 23.4 Å². The van der Waals surface area contributed by atoms with Gasteiger partial charge in [-0.05, 0) is 29.8 Å². The number of nitrogens with one attached hydrogen (secondary N) is 2. The van der Waals surface area contributed by atoms with Crippen molar-refractivity contribution in [1.82, 2.24) is 15.3 Å². The quantitative estimate of drug-likeness (QED) is 0.642. The molecule has 1 aliphatic heterocycles. The number of carbonyl (C=O) groups excluding carboxylic acids is 1. The molecule has 2 aromatic heterocycles. The van der Waals surface area contributed by atoms with Crippen molar-refractivity contribution in [2.45, 2.75) is 0 Å². The van der Waals surface area contributed by atoms with Crippen molar-refractivity contribution in [2.24, 2.45) is 5.73 Å². The van der Waals surface area contributed by atoms with E-state index >= 15 is 0 Å². The van der Waals surface area contributed by atoms with Crippen LogP contribution in [-0.2, 0) is 0 Å². The molecule has 4 rings (SSSR count). The first-order valence-corrected chi connectivity index (χ1v) is 9.39. The minimum atomic E-state index is -0.422. The zero-order valence-electron chi connectivity index (χ0n) is 15.6. The van der Waals surface area contributed by atoms with Gasteiger partial charge < -0.3 is 20.9 Å². The van der Waals surface area contributed by atoms with Crippen LogP contribution in [0.1, 0.15) is 21.6 Å². The number of benzene rings is 1. The molecule has 1 aromatic carbocycles. The van der Waals surface area contributed by atoms with Gasteiger partial charge in [0.15, 0.2) is 0 Å². The second kappa shape index (κ2) is 8.10. The van der Waals surface area contributed by atoms with E-state index in [2.05, 4.69) is 20.2 Å². The summed E-state index contributed by atoms with van der Waals surface area (Å²) < 4.78 is 0. The first kappa shape index (κ1) is 18.0. The van der Waals surface area contributed by atoms with Crippen molar-refractivity contribution in [1.29, 1.82) is 0 Å². The van der Waals surface area contributed by atoms with Crippen molar-refractivity contribution < 1.29 is 4.79 Å². The third-order valence-corrected chi connectivity index (χ3v) is 4.83. The lowest BCUT2D eigenvalue weighted by Crippen LogP contribution is -2.44. The van der Waals surface area contributed by atoms with Crippen molar-refractivity contribution >= 4 is 23.9 Å². The number of carbonyl (C=O) groups is 1. The van der Waals surface area contributed by atoms with Gasteiger partial charge in [0.25, 0.3) is 5.91 Å². The van der Waals surface area contributed by atoms with Crippen LogP contribution in [0.2, 0.25) is 0 Å². The Bertz CT molecular complexity index is 987. The molecule has 0 radical (unpaired) electrons. The molecule has 1 amide bonds. The Morgan fingerprint density at radius 1 is 1.07 bits per heavy atom. The van der Waals surface area contributed by atoms with Crippen LogP contribution in [0.3, 0.4) is 0 Å². The second-order valence-corrected chi connectivity index (χ2v) is 6.76. The summed E-state index contributed by atoms with van der Waals surface area (Å²) in [5.74, 6) is 0.372. The third kappa shape index (κ3) is 3.97. The molecule has 3 aromatic rings. The van der Waals surface area contributed by atoms with E-state index in [-0.39, 0.29) is 0 Å². The molecule has 1 fully saturated rings. The van der Waals surface area contributed by atoms with E-state index < -0.39 is 5.91 Å². The summed E-state index contributed by atoms with van der Waals surface area (Å²) in [4.78, 5) is 22.0. The fraction of sp³-hybridized carbons (Fsp3) is 0.182. The number of piperazine rings is 1. The Labute approximate surface area is 164 Å². The predicted octanol–water partition coefficient (Wildman–Crippen LogP) is 2.76. The highest BCUT2D eigenvalue weighted by molar-refractivity contribution is 5.99. The molecular weight excluding hydrogens is 350 g/mol. The van der Waals surface area contributed by atoms with Crippen LogP contribution in [0.5, 0.6) is 0 Å². The van der Waals surface area contributed by atoms with Gasteiger partial charge in [-0.15, -0.1) is 0 Å². The summed E-state index contributed by atoms with van der Waals surface area (Å²) in [5.41, 5.74) is 9.94. The minimum Gasteiger partial charge on any atom is -0.365 e. The lowest BCUT2D eigenvalue weighted by atomic mass is 10.1. The maximum absolute atomic E-state index is 12.0. The van der Waals surface area contributed by atoms with Crippen molar-refractivity contribution in [3.63, 3.8) is 0 Å². The molecule has 28 heavy (non-hydrogen) atoms. The number of nitrogens with two attached hydrogens (primary N) is 1. The highest BCUT2D eigenvalue weighted by Gasteiger charge is 2.20. The number of anilines is 1. The van der Waals surface area contributed by atoms with Gasteiger partial charge in [0, 0.05) is 43.6 Å². The maximum Gasteiger partial charge on any atom is 0.252 e. The first-order chi connectivity index (χ1) is 13.7. The lowest BCUT2D eigenvalue weighted by Gasteiger charge is -2.28. The molecule has 142 valence electrons. The zero-order chi connectivity index (χ0) is 19.3. The normalized spacial score (nSPS) is 14.5. The Morgan fingerprint density at radius 3 is 2.61 bits per heavy atom. The van der Waals surface area contributed by atoms with Crippen LogP contribution in [-0.4, -0.2) is 42.1 Å². The number of rotatable bonds is 5. The molecule has 0 spiro atoms. The average Bonchev–Trinajstić information content (AvgIpc) is 3.20. The van der Waals surface area contributed by atoms with Crippen LogP contribution < -0.4 is 16.0 Å². The van der Waals surface area contributed by atoms with E-state index in [1.54, 1.807) is 6.20 Å². The molecule has 1 aliphatic rings. The molecular formula is C22H23N5O. The Hall–Kier alpha value is -3.38. The van der Waals surface area contributed by atoms with Crippen molar-refractivity contribution in [3.05, 3.63) is 71.5 Å². The van der Waals surface area contributed by atoms with Gasteiger partial charge in [-0.25, -0.2) is 0 Å². The fourth-order valence-electron chi connectivity index (χ4n) is 3.38. The van der Waals surface area contributed by atoms with Gasteiger partial charge in [0.2, 0.25) is 0 Å². The van der Waals surface area contributed by atoms with Crippen LogP contribution in [0, 0.1) is 0 Å². The highest BCUT2D eigenvalue weighted by Crippen LogP contribution is 2.28. The Morgan fingerprint density at radius 2 is 1.86 bits per heavy atom. The molecule has 6 nitrogen and oxygen atoms in total. The molecule has 4 N–H and O–H groups in total. The van der Waals surface area contributed by atoms with E-state index in [9.17, 15) is 4.79 Å². The number of primary amides is 1. The fourth-order valence-corrected chi connectivity index (χ4v) is 3.38. The number of aromatic amines is 1. The van der Waals surface area contributed by atoms with E-state index in [1.165, 1.54) is 0 Å². The van der Waals surface area contributed by atoms with Gasteiger partial charge in [-0.2, -0.15) is 0 Å². The number of nitrogens with zero attached hydrogens (tertiary/aromatic N) is 2. The van der Waals surface area contributed by atoms with E-state index in [0.717, 1.165) is 54.5 Å². The number of hydrogen-bond donors (Lipinski definition) is 3. The summed E-state index contributed by atoms with van der Waals surface area (Å²) in [7, 11) is 0. The first-order valence-electron chi connectivity index (χ1n) is 9.39. The molecule has 6 heteroatoms. The maximum atomic E-state index is 12.0. The number of H-pyrrole nitrogens is 1. The lowest BCUT2D eigenvalue weighted by molar-refractivity contribution is 0.100. The molecule has 3 heterocycles. The van der Waals surface area contributed by atoms with Crippen molar-refractivity contribution in [2.75, 3.05) is 31.1 Å². The zero-order valence-corrected chi connectivity index (χ0v) is 15.6. The smallest absolute Gasteiger partial charge is 0.252 e. The molecule has 0 unspecified atom stereocenters. The molecule has 0 aliphatic carbocycles. The van der Waals surface area contributed by atoms with Gasteiger partial charge in [-0.3, -0.25) is 9.78 Å². The van der Waals surface area contributed by atoms with Gasteiger partial charge in [0.05, 0.1) is 11.3 Å². The van der Waals surface area contributed by atoms with Crippen LogP contribution in [0.4, 0.5) is 5.82 Å². The van der Waals surface area contributed by atoms with E-state index in [1.807, 2.05) is 60.7 Å². The number of amides is 1. The molecule has 0 atom stereocenters. The van der Waals surface area contributed by atoms with Crippen LogP contribution >= 0.6 is 0 Å². The highest BCUT2D eigenvalue weighted by atomic mass is 16.1. The van der Waals surface area contributed by atoms with E-state index in [0.29, 0.717) is 5.56 Å². The molecule has 1 saturated heterocycles. The SMILES string of the molecule is NC(=O)c1cc(-c2ccnc(C=Cc3ccccc3)c2)[nH]c1N1CCNCC1. The number of pyridine rings is 1. The standard InChI is InChI=1S/C22H23N5O/c23-21(28)19-15-20(26-22(19)27-12-10-24-11-13-27)17-8-9-25-18(14-17)7-6-16-4-2-1-3-5-16/h1-9,14-15,24,26H,10-13H2,(H2,23,28). The van der Waals surface area contributed by atoms with Gasteiger partial charge >= 0.3 is 0 Å². The van der Waals surface area contributed by atoms with Crippen molar-refractivity contribution in [3.8, 4) is 11.3 Å². The summed E-state index contributed by atoms with van der Waals surface area (Å²) in [6, 6.07) is 15.9.